The van der Waals surface area contributed by atoms with Gasteiger partial charge in [-0.2, -0.15) is 0 Å². The van der Waals surface area contributed by atoms with Crippen LogP contribution in [0.5, 0.6) is 0 Å². The van der Waals surface area contributed by atoms with Gasteiger partial charge >= 0.3 is 5.97 Å². The Labute approximate surface area is 195 Å². The molecule has 1 saturated carbocycles. The van der Waals surface area contributed by atoms with Crippen LogP contribution in [0.25, 0.3) is 0 Å². The molecule has 1 spiro atoms. The van der Waals surface area contributed by atoms with Gasteiger partial charge in [-0.3, -0.25) is 9.59 Å². The average molecular weight is 468 g/mol. The minimum Gasteiger partial charge on any atom is -0.435 e. The van der Waals surface area contributed by atoms with Crippen molar-refractivity contribution >= 4 is 11.9 Å². The molecule has 0 aromatic carbocycles. The van der Waals surface area contributed by atoms with Crippen LogP contribution in [0.1, 0.15) is 72.1 Å². The van der Waals surface area contributed by atoms with Gasteiger partial charge in [0.05, 0.1) is 12.5 Å². The number of nitrogens with one attached hydrogen (secondary N) is 1. The van der Waals surface area contributed by atoms with E-state index in [4.69, 9.17) is 28.7 Å². The van der Waals surface area contributed by atoms with E-state index in [1.54, 1.807) is 0 Å². The number of carbonyl (C=O) groups is 2. The molecule has 33 heavy (non-hydrogen) atoms. The van der Waals surface area contributed by atoms with Gasteiger partial charge in [-0.1, -0.05) is 13.8 Å². The molecule has 0 radical (unpaired) electrons. The molecule has 186 valence electrons. The first-order valence-electron chi connectivity index (χ1n) is 12.6. The first kappa shape index (κ1) is 23.5. The van der Waals surface area contributed by atoms with Crippen molar-refractivity contribution in [2.45, 2.75) is 102 Å². The Morgan fingerprint density at radius 2 is 1.91 bits per heavy atom. The normalized spacial score (nSPS) is 46.3. The smallest absolute Gasteiger partial charge is 0.308 e. The van der Waals surface area contributed by atoms with Crippen LogP contribution in [0.3, 0.4) is 0 Å². The fourth-order valence-corrected chi connectivity index (χ4v) is 6.53. The van der Waals surface area contributed by atoms with Gasteiger partial charge in [0.2, 0.25) is 18.0 Å². The molecule has 9 heteroatoms. The summed E-state index contributed by atoms with van der Waals surface area (Å²) in [4.78, 5) is 36.6. The van der Waals surface area contributed by atoms with E-state index in [2.05, 4.69) is 12.2 Å². The largest absolute Gasteiger partial charge is 0.435 e. The summed E-state index contributed by atoms with van der Waals surface area (Å²) in [5, 5.41) is 2.84. The van der Waals surface area contributed by atoms with E-state index in [1.165, 1.54) is 0 Å². The van der Waals surface area contributed by atoms with E-state index in [0.29, 0.717) is 12.5 Å². The quantitative estimate of drug-likeness (QED) is 0.470. The van der Waals surface area contributed by atoms with Crippen LogP contribution >= 0.6 is 0 Å². The molecule has 6 aliphatic rings. The Morgan fingerprint density at radius 1 is 1.06 bits per heavy atom. The third-order valence-electron chi connectivity index (χ3n) is 8.45. The lowest BCUT2D eigenvalue weighted by atomic mass is 9.58. The van der Waals surface area contributed by atoms with Crippen LogP contribution in [0.15, 0.2) is 0 Å². The lowest BCUT2D eigenvalue weighted by molar-refractivity contribution is -0.576. The third kappa shape index (κ3) is 4.31. The maximum atomic E-state index is 12.6. The first-order chi connectivity index (χ1) is 15.8. The predicted molar refractivity (Wildman–Crippen MR) is 114 cm³/mol. The number of hydrogen-bond acceptors (Lipinski definition) is 8. The molecule has 1 aliphatic carbocycles. The molecule has 2 bridgehead atoms. The van der Waals surface area contributed by atoms with Crippen molar-refractivity contribution in [2.24, 2.45) is 23.7 Å². The van der Waals surface area contributed by atoms with Crippen molar-refractivity contribution in [1.82, 2.24) is 5.32 Å². The molecular formula is C24H37NO8. The zero-order chi connectivity index (χ0) is 23.2. The van der Waals surface area contributed by atoms with Gasteiger partial charge in [0.1, 0.15) is 0 Å². The lowest BCUT2D eigenvalue weighted by Crippen LogP contribution is -2.70. The number of rotatable bonds is 6. The second kappa shape index (κ2) is 9.07. The predicted octanol–water partition coefficient (Wildman–Crippen LogP) is 2.81. The van der Waals surface area contributed by atoms with Crippen LogP contribution in [-0.2, 0) is 38.3 Å². The fourth-order valence-electron chi connectivity index (χ4n) is 6.53. The number of esters is 1. The number of ether oxygens (including phenoxy) is 4. The highest BCUT2D eigenvalue weighted by Crippen LogP contribution is 2.60. The number of fused-ring (bicyclic) bond motifs is 2. The van der Waals surface area contributed by atoms with Crippen LogP contribution in [-0.4, -0.2) is 55.1 Å². The SMILES string of the molecule is C[C@H]1[C@H](OC(=O)CCC(=O)NC[C@@H]2CCCO2)O[C@@H]2O[C@@]3(C)CC[C@H]4[C@H](C)CC[C@H]1[C@@]24OO3. The summed E-state index contributed by atoms with van der Waals surface area (Å²) >= 11 is 0. The fraction of sp³-hybridized carbons (Fsp3) is 0.917. The maximum Gasteiger partial charge on any atom is 0.308 e. The summed E-state index contributed by atoms with van der Waals surface area (Å²) in [5.41, 5.74) is -0.682. The minimum absolute atomic E-state index is 0.00224. The maximum absolute atomic E-state index is 12.6. The van der Waals surface area contributed by atoms with Crippen LogP contribution in [0, 0.1) is 23.7 Å². The Hall–Kier alpha value is -1.26. The lowest BCUT2D eigenvalue weighted by Gasteiger charge is -2.59. The summed E-state index contributed by atoms with van der Waals surface area (Å²) in [7, 11) is 0. The van der Waals surface area contributed by atoms with Gasteiger partial charge in [0.25, 0.3) is 0 Å². The zero-order valence-electron chi connectivity index (χ0n) is 19.9. The van der Waals surface area contributed by atoms with E-state index >= 15 is 0 Å². The van der Waals surface area contributed by atoms with Gasteiger partial charge in [-0.15, -0.1) is 0 Å². The van der Waals surface area contributed by atoms with Gasteiger partial charge in [0.15, 0.2) is 11.9 Å². The molecule has 1 amide bonds. The summed E-state index contributed by atoms with van der Waals surface area (Å²) in [5.74, 6) is -0.746. The summed E-state index contributed by atoms with van der Waals surface area (Å²) in [6, 6.07) is 0. The highest BCUT2D eigenvalue weighted by Gasteiger charge is 2.69. The molecule has 0 aromatic heterocycles. The monoisotopic (exact) mass is 467 g/mol. The van der Waals surface area contributed by atoms with Crippen LogP contribution in [0.2, 0.25) is 0 Å². The van der Waals surface area contributed by atoms with Crippen LogP contribution in [0.4, 0.5) is 0 Å². The van der Waals surface area contributed by atoms with Crippen molar-refractivity contribution in [3.8, 4) is 0 Å². The third-order valence-corrected chi connectivity index (χ3v) is 8.45. The second-order valence-corrected chi connectivity index (χ2v) is 10.7. The van der Waals surface area contributed by atoms with Crippen molar-refractivity contribution in [3.05, 3.63) is 0 Å². The topological polar surface area (TPSA) is 102 Å². The number of hydrogen-bond donors (Lipinski definition) is 1. The van der Waals surface area contributed by atoms with E-state index in [9.17, 15) is 9.59 Å². The molecular weight excluding hydrogens is 430 g/mol. The Bertz CT molecular complexity index is 757. The molecule has 6 rings (SSSR count). The summed E-state index contributed by atoms with van der Waals surface area (Å²) in [6.07, 6.45) is 4.44. The Balaban J connectivity index is 1.20. The highest BCUT2D eigenvalue weighted by molar-refractivity contribution is 5.81. The number of amides is 1. The Morgan fingerprint density at radius 3 is 2.70 bits per heavy atom. The van der Waals surface area contributed by atoms with Crippen LogP contribution < -0.4 is 5.32 Å². The Kier molecular flexibility index (Phi) is 6.46. The first-order valence-corrected chi connectivity index (χ1v) is 12.6. The molecule has 0 aromatic rings. The van der Waals surface area contributed by atoms with Gasteiger partial charge in [0, 0.05) is 37.8 Å². The van der Waals surface area contributed by atoms with E-state index < -0.39 is 29.9 Å². The second-order valence-electron chi connectivity index (χ2n) is 10.7. The molecule has 9 atom stereocenters. The molecule has 5 heterocycles. The summed E-state index contributed by atoms with van der Waals surface area (Å²) in [6.45, 7) is 7.40. The molecule has 0 unspecified atom stereocenters. The number of carbonyl (C=O) groups excluding carboxylic acids is 2. The minimum atomic E-state index is -0.867. The van der Waals surface area contributed by atoms with E-state index in [1.807, 2.05) is 13.8 Å². The van der Waals surface area contributed by atoms with Crippen molar-refractivity contribution < 1.29 is 38.3 Å². The average Bonchev–Trinajstić information content (AvgIpc) is 3.21. The highest BCUT2D eigenvalue weighted by atomic mass is 17.3. The molecule has 9 nitrogen and oxygen atoms in total. The van der Waals surface area contributed by atoms with E-state index in [0.717, 1.165) is 45.1 Å². The standard InChI is InChI=1S/C24H37NO8/c1-14-6-7-18-15(2)21(29-20(27)9-8-19(26)25-13-16-5-4-12-28-16)30-22-24(18)17(14)10-11-23(3,31-22)32-33-24/h14-18,21-22H,4-13H2,1-3H3,(H,25,26)/t14-,15-,16+,17+,18-,21-,22-,23-,24-/m1/s1. The molecule has 5 saturated heterocycles. The van der Waals surface area contributed by atoms with E-state index in [-0.39, 0.29) is 42.6 Å². The van der Waals surface area contributed by atoms with Gasteiger partial charge < -0.3 is 24.3 Å². The molecule has 6 fully saturated rings. The summed E-state index contributed by atoms with van der Waals surface area (Å²) < 4.78 is 23.8. The van der Waals surface area contributed by atoms with Crippen molar-refractivity contribution in [1.29, 1.82) is 0 Å². The van der Waals surface area contributed by atoms with Crippen molar-refractivity contribution in [2.75, 3.05) is 13.2 Å². The van der Waals surface area contributed by atoms with Crippen molar-refractivity contribution in [3.63, 3.8) is 0 Å². The van der Waals surface area contributed by atoms with Gasteiger partial charge in [-0.05, 0) is 50.9 Å². The zero-order valence-corrected chi connectivity index (χ0v) is 19.9. The molecule has 5 aliphatic heterocycles. The molecule has 1 N–H and O–H groups in total. The van der Waals surface area contributed by atoms with Gasteiger partial charge in [-0.25, -0.2) is 9.78 Å².